The highest BCUT2D eigenvalue weighted by Gasteiger charge is 2.27. The van der Waals surface area contributed by atoms with E-state index in [9.17, 15) is 19.0 Å². The van der Waals surface area contributed by atoms with Crippen molar-refractivity contribution >= 4 is 19.8 Å². The third-order valence-corrected chi connectivity index (χ3v) is 13.8. The van der Waals surface area contributed by atoms with Gasteiger partial charge in [-0.3, -0.25) is 18.6 Å². The summed E-state index contributed by atoms with van der Waals surface area (Å²) in [5.41, 5.74) is 0. The summed E-state index contributed by atoms with van der Waals surface area (Å²) in [4.78, 5) is 35.6. The van der Waals surface area contributed by atoms with Crippen LogP contribution in [0, 0.1) is 0 Å². The van der Waals surface area contributed by atoms with Crippen molar-refractivity contribution in [3.05, 3.63) is 109 Å². The fourth-order valence-electron chi connectivity index (χ4n) is 8.08. The van der Waals surface area contributed by atoms with E-state index < -0.39 is 26.5 Å². The first kappa shape index (κ1) is 72.7. The highest BCUT2D eigenvalue weighted by atomic mass is 31.2. The molecule has 0 saturated carbocycles. The van der Waals surface area contributed by atoms with Gasteiger partial charge in [-0.15, -0.1) is 0 Å². The molecule has 0 rings (SSSR count). The maximum absolute atomic E-state index is 12.8. The lowest BCUT2D eigenvalue weighted by atomic mass is 10.0. The van der Waals surface area contributed by atoms with Crippen LogP contribution in [-0.4, -0.2) is 74.9 Å². The van der Waals surface area contributed by atoms with Gasteiger partial charge in [0.1, 0.15) is 19.8 Å². The van der Waals surface area contributed by atoms with Gasteiger partial charge in [0.25, 0.3) is 0 Å². The van der Waals surface area contributed by atoms with Gasteiger partial charge in [0.15, 0.2) is 6.10 Å². The topological polar surface area (TPSA) is 108 Å². The molecule has 0 aliphatic rings. The van der Waals surface area contributed by atoms with Gasteiger partial charge in [-0.25, -0.2) is 4.57 Å². The number of phosphoric acid groups is 1. The average Bonchev–Trinajstić information content (AvgIpc) is 3.38. The van der Waals surface area contributed by atoms with Crippen molar-refractivity contribution in [2.45, 2.75) is 251 Å². The van der Waals surface area contributed by atoms with Crippen LogP contribution in [0.2, 0.25) is 0 Å². The molecule has 0 fully saturated rings. The molecule has 0 heterocycles. The lowest BCUT2D eigenvalue weighted by Crippen LogP contribution is -2.37. The molecule has 76 heavy (non-hydrogen) atoms. The molecule has 2 unspecified atom stereocenters. The van der Waals surface area contributed by atoms with Crippen LogP contribution in [0.3, 0.4) is 0 Å². The first-order valence-corrected chi connectivity index (χ1v) is 32.1. The number of unbranched alkanes of at least 4 members (excludes halogenated alkanes) is 23. The fourth-order valence-corrected chi connectivity index (χ4v) is 8.83. The second-order valence-corrected chi connectivity index (χ2v) is 22.8. The van der Waals surface area contributed by atoms with Crippen LogP contribution < -0.4 is 0 Å². The quantitative estimate of drug-likeness (QED) is 0.0211. The Morgan fingerprint density at radius 3 is 1.13 bits per heavy atom. The maximum Gasteiger partial charge on any atom is 0.472 e. The maximum atomic E-state index is 12.8. The Bertz CT molecular complexity index is 1650. The summed E-state index contributed by atoms with van der Waals surface area (Å²) in [7, 11) is 1.47. The molecule has 0 saturated heterocycles. The standard InChI is InChI=1S/C66H114NO8P/c1-6-8-10-12-14-16-18-20-21-22-23-24-25-26-27-28-29-30-31-32-33-34-35-36-37-38-39-40-41-42-43-44-45-47-49-51-53-55-57-59-66(69)75-64(63-74-76(70,71)73-61-60-67(3,4)5)62-72-65(68)58-56-54-52-50-48-46-19-17-15-13-11-9-7-2/h8,10,14,16-17,19-21,23-24,26-27,29-30,32-33,35-36,64H,6-7,9,11-13,15,18,22,25,28,31,34,37-63H2,1-5H3/p+1/b10-8-,16-14-,19-17-,21-20-,24-23-,27-26-,30-29-,33-32-,36-35-. The van der Waals surface area contributed by atoms with Crippen LogP contribution >= 0.6 is 7.82 Å². The molecular formula is C66H115NO8P+. The Labute approximate surface area is 467 Å². The number of carbonyl (C=O) groups is 2. The number of hydrogen-bond donors (Lipinski definition) is 1. The molecule has 0 aliphatic heterocycles. The van der Waals surface area contributed by atoms with E-state index in [0.29, 0.717) is 17.4 Å². The molecule has 9 nitrogen and oxygen atoms in total. The molecule has 0 spiro atoms. The SMILES string of the molecule is CC/C=C\C/C=C\C/C=C\C/C=C\C/C=C\C/C=C\C/C=C\C/C=C\CCCCCCCCCCCCCCCCC(=O)OC(COC(=O)CCCCCCC/C=C\CCCCCC)COP(=O)(O)OCC[N+](C)(C)C. The monoisotopic (exact) mass is 1080 g/mol. The molecule has 0 aromatic heterocycles. The third-order valence-electron chi connectivity index (χ3n) is 12.8. The molecule has 10 heteroatoms. The number of phosphoric ester groups is 1. The van der Waals surface area contributed by atoms with Gasteiger partial charge in [-0.1, -0.05) is 239 Å². The number of quaternary nitrogens is 1. The number of rotatable bonds is 55. The average molecular weight is 1080 g/mol. The second kappa shape index (κ2) is 56.4. The third kappa shape index (κ3) is 59.9. The van der Waals surface area contributed by atoms with Gasteiger partial charge >= 0.3 is 19.8 Å². The van der Waals surface area contributed by atoms with Crippen molar-refractivity contribution in [1.82, 2.24) is 0 Å². The number of allylic oxidation sites excluding steroid dienone is 18. The van der Waals surface area contributed by atoms with Crippen LogP contribution in [0.1, 0.15) is 245 Å². The summed E-state index contributed by atoms with van der Waals surface area (Å²) < 4.78 is 34.5. The number of hydrogen-bond acceptors (Lipinski definition) is 7. The minimum Gasteiger partial charge on any atom is -0.462 e. The number of esters is 2. The first-order chi connectivity index (χ1) is 37.0. The molecule has 0 aromatic rings. The summed E-state index contributed by atoms with van der Waals surface area (Å²) in [6, 6.07) is 0. The summed E-state index contributed by atoms with van der Waals surface area (Å²) in [5.74, 6) is -0.809. The zero-order valence-electron chi connectivity index (χ0n) is 49.5. The van der Waals surface area contributed by atoms with Gasteiger partial charge in [0.2, 0.25) is 0 Å². The van der Waals surface area contributed by atoms with Crippen LogP contribution in [0.4, 0.5) is 0 Å². The summed E-state index contributed by atoms with van der Waals surface area (Å²) >= 11 is 0. The second-order valence-electron chi connectivity index (χ2n) is 21.4. The van der Waals surface area contributed by atoms with E-state index >= 15 is 0 Å². The van der Waals surface area contributed by atoms with Crippen molar-refractivity contribution in [3.63, 3.8) is 0 Å². The Hall–Kier alpha value is -3.33. The van der Waals surface area contributed by atoms with Crippen LogP contribution in [-0.2, 0) is 32.7 Å². The zero-order valence-corrected chi connectivity index (χ0v) is 50.3. The zero-order chi connectivity index (χ0) is 55.6. The van der Waals surface area contributed by atoms with E-state index in [1.807, 2.05) is 21.1 Å². The molecule has 436 valence electrons. The summed E-state index contributed by atoms with van der Waals surface area (Å²) in [6.07, 6.45) is 78.9. The molecule has 0 aromatic carbocycles. The van der Waals surface area contributed by atoms with E-state index in [-0.39, 0.29) is 32.0 Å². The Kier molecular flexibility index (Phi) is 53.9. The van der Waals surface area contributed by atoms with E-state index in [4.69, 9.17) is 18.5 Å². The van der Waals surface area contributed by atoms with E-state index in [2.05, 4.69) is 123 Å². The summed E-state index contributed by atoms with van der Waals surface area (Å²) in [6.45, 7) is 4.29. The normalized spacial score (nSPS) is 14.0. The number of likely N-dealkylation sites (N-methyl/N-ethyl adjacent to an activating group) is 1. The number of ether oxygens (including phenoxy) is 2. The van der Waals surface area contributed by atoms with E-state index in [1.54, 1.807) is 0 Å². The molecule has 0 amide bonds. The van der Waals surface area contributed by atoms with Crippen LogP contribution in [0.25, 0.3) is 0 Å². The minimum atomic E-state index is -4.39. The van der Waals surface area contributed by atoms with Gasteiger partial charge in [0.05, 0.1) is 27.7 Å². The number of carbonyl (C=O) groups excluding carboxylic acids is 2. The van der Waals surface area contributed by atoms with Crippen LogP contribution in [0.15, 0.2) is 109 Å². The first-order valence-electron chi connectivity index (χ1n) is 30.6. The van der Waals surface area contributed by atoms with Gasteiger partial charge in [0, 0.05) is 12.8 Å². The highest BCUT2D eigenvalue weighted by Crippen LogP contribution is 2.43. The van der Waals surface area contributed by atoms with Crippen molar-refractivity contribution < 1.29 is 42.1 Å². The van der Waals surface area contributed by atoms with Crippen molar-refractivity contribution in [2.75, 3.05) is 47.5 Å². The Morgan fingerprint density at radius 2 is 0.750 bits per heavy atom. The van der Waals surface area contributed by atoms with E-state index in [0.717, 1.165) is 109 Å². The molecular weight excluding hydrogens is 966 g/mol. The van der Waals surface area contributed by atoms with E-state index in [1.165, 1.54) is 103 Å². The Balaban J connectivity index is 4.02. The van der Waals surface area contributed by atoms with Crippen molar-refractivity contribution in [3.8, 4) is 0 Å². The highest BCUT2D eigenvalue weighted by molar-refractivity contribution is 7.47. The predicted octanol–water partition coefficient (Wildman–Crippen LogP) is 19.4. The largest absolute Gasteiger partial charge is 0.472 e. The van der Waals surface area contributed by atoms with Crippen molar-refractivity contribution in [2.24, 2.45) is 0 Å². The lowest BCUT2D eigenvalue weighted by molar-refractivity contribution is -0.870. The minimum absolute atomic E-state index is 0.0271. The fraction of sp³-hybridized carbons (Fsp3) is 0.697. The smallest absolute Gasteiger partial charge is 0.462 e. The number of nitrogens with zero attached hydrogens (tertiary/aromatic N) is 1. The molecule has 2 atom stereocenters. The predicted molar refractivity (Wildman–Crippen MR) is 325 cm³/mol. The van der Waals surface area contributed by atoms with Gasteiger partial charge in [-0.2, -0.15) is 0 Å². The molecule has 0 bridgehead atoms. The Morgan fingerprint density at radius 1 is 0.421 bits per heavy atom. The molecule has 0 radical (unpaired) electrons. The molecule has 1 N–H and O–H groups in total. The summed E-state index contributed by atoms with van der Waals surface area (Å²) in [5, 5.41) is 0. The molecule has 0 aliphatic carbocycles. The van der Waals surface area contributed by atoms with Crippen LogP contribution in [0.5, 0.6) is 0 Å². The van der Waals surface area contributed by atoms with Gasteiger partial charge in [-0.05, 0) is 103 Å². The van der Waals surface area contributed by atoms with Gasteiger partial charge < -0.3 is 18.9 Å². The van der Waals surface area contributed by atoms with Crippen molar-refractivity contribution in [1.29, 1.82) is 0 Å². The lowest BCUT2D eigenvalue weighted by Gasteiger charge is -2.24.